The summed E-state index contributed by atoms with van der Waals surface area (Å²) in [6.07, 6.45) is 1.56. The molecule has 17 heavy (non-hydrogen) atoms. The second kappa shape index (κ2) is 6.31. The Labute approximate surface area is 119 Å². The monoisotopic (exact) mass is 383 g/mol. The fourth-order valence-corrected chi connectivity index (χ4v) is 4.33. The molecule has 0 atom stereocenters. The van der Waals surface area contributed by atoms with Crippen LogP contribution in [0.4, 0.5) is 0 Å². The van der Waals surface area contributed by atoms with E-state index in [2.05, 4.69) is 36.6 Å². The first-order valence-corrected chi connectivity index (χ1v) is 8.45. The molecule has 0 spiro atoms. The van der Waals surface area contributed by atoms with Crippen molar-refractivity contribution in [2.75, 3.05) is 0 Å². The highest BCUT2D eigenvalue weighted by atomic mass is 79.9. The predicted octanol–water partition coefficient (Wildman–Crippen LogP) is 3.68. The zero-order valence-corrected chi connectivity index (χ0v) is 13.7. The standard InChI is InChI=1S/C11H15Br2NO2S/c1-3-9(4-2)14-17(15,16)11-7-8(12)5-6-10(11)13/h5-7,9,14H,3-4H2,1-2H3. The molecule has 1 N–H and O–H groups in total. The van der Waals surface area contributed by atoms with Gasteiger partial charge in [-0.3, -0.25) is 0 Å². The van der Waals surface area contributed by atoms with Gasteiger partial charge in [0.2, 0.25) is 10.0 Å². The lowest BCUT2D eigenvalue weighted by atomic mass is 10.2. The Balaban J connectivity index is 3.09. The molecule has 0 aliphatic rings. The summed E-state index contributed by atoms with van der Waals surface area (Å²) in [6, 6.07) is 5.08. The van der Waals surface area contributed by atoms with E-state index in [0.29, 0.717) is 4.47 Å². The topological polar surface area (TPSA) is 46.2 Å². The Kier molecular flexibility index (Phi) is 5.63. The molecule has 6 heteroatoms. The van der Waals surface area contributed by atoms with Crippen LogP contribution in [0.2, 0.25) is 0 Å². The summed E-state index contributed by atoms with van der Waals surface area (Å²) in [6.45, 7) is 3.93. The molecule has 96 valence electrons. The average molecular weight is 385 g/mol. The zero-order valence-electron chi connectivity index (χ0n) is 9.70. The summed E-state index contributed by atoms with van der Waals surface area (Å²) in [4.78, 5) is 0.263. The van der Waals surface area contributed by atoms with E-state index in [0.717, 1.165) is 17.3 Å². The van der Waals surface area contributed by atoms with E-state index in [1.54, 1.807) is 18.2 Å². The van der Waals surface area contributed by atoms with Crippen molar-refractivity contribution in [3.8, 4) is 0 Å². The van der Waals surface area contributed by atoms with Crippen molar-refractivity contribution in [3.63, 3.8) is 0 Å². The summed E-state index contributed by atoms with van der Waals surface area (Å²) < 4.78 is 28.4. The van der Waals surface area contributed by atoms with E-state index in [1.165, 1.54) is 0 Å². The van der Waals surface area contributed by atoms with Crippen LogP contribution < -0.4 is 4.72 Å². The molecule has 0 amide bonds. The number of hydrogen-bond donors (Lipinski definition) is 1. The SMILES string of the molecule is CCC(CC)NS(=O)(=O)c1cc(Br)ccc1Br. The van der Waals surface area contributed by atoms with E-state index in [1.807, 2.05) is 13.8 Å². The van der Waals surface area contributed by atoms with Crippen LogP contribution in [0, 0.1) is 0 Å². The quantitative estimate of drug-likeness (QED) is 0.841. The molecule has 0 unspecified atom stereocenters. The number of benzene rings is 1. The predicted molar refractivity (Wildman–Crippen MR) is 76.5 cm³/mol. The Hall–Kier alpha value is 0.0900. The highest BCUT2D eigenvalue weighted by Gasteiger charge is 2.20. The maximum absolute atomic E-state index is 12.2. The molecular weight excluding hydrogens is 370 g/mol. The van der Waals surface area contributed by atoms with Gasteiger partial charge in [0.25, 0.3) is 0 Å². The van der Waals surface area contributed by atoms with Crippen molar-refractivity contribution < 1.29 is 8.42 Å². The molecule has 0 fully saturated rings. The van der Waals surface area contributed by atoms with Crippen molar-refractivity contribution in [1.29, 1.82) is 0 Å². The number of hydrogen-bond acceptors (Lipinski definition) is 2. The molecule has 3 nitrogen and oxygen atoms in total. The maximum atomic E-state index is 12.2. The van der Waals surface area contributed by atoms with E-state index in [4.69, 9.17) is 0 Å². The fraction of sp³-hybridized carbons (Fsp3) is 0.455. The number of nitrogens with one attached hydrogen (secondary N) is 1. The molecule has 1 rings (SSSR count). The molecule has 0 bridgehead atoms. The Bertz CT molecular complexity index is 484. The summed E-state index contributed by atoms with van der Waals surface area (Å²) in [5.41, 5.74) is 0. The lowest BCUT2D eigenvalue weighted by molar-refractivity contribution is 0.530. The van der Waals surface area contributed by atoms with Crippen LogP contribution in [0.25, 0.3) is 0 Å². The van der Waals surface area contributed by atoms with E-state index in [-0.39, 0.29) is 10.9 Å². The van der Waals surface area contributed by atoms with Gasteiger partial charge in [0.1, 0.15) is 0 Å². The zero-order chi connectivity index (χ0) is 13.1. The maximum Gasteiger partial charge on any atom is 0.241 e. The van der Waals surface area contributed by atoms with Gasteiger partial charge in [0.15, 0.2) is 0 Å². The minimum absolute atomic E-state index is 0.0223. The van der Waals surface area contributed by atoms with E-state index >= 15 is 0 Å². The fourth-order valence-electron chi connectivity index (χ4n) is 1.42. The molecule has 0 radical (unpaired) electrons. The second-order valence-corrected chi connectivity index (χ2v) is 7.16. The smallest absolute Gasteiger partial charge is 0.208 e. The minimum atomic E-state index is -3.46. The van der Waals surface area contributed by atoms with Crippen LogP contribution in [-0.4, -0.2) is 14.5 Å². The Morgan fingerprint density at radius 1 is 1.24 bits per heavy atom. The summed E-state index contributed by atoms with van der Waals surface area (Å²) in [5.74, 6) is 0. The van der Waals surface area contributed by atoms with E-state index in [9.17, 15) is 8.42 Å². The second-order valence-electron chi connectivity index (χ2n) is 3.71. The van der Waals surface area contributed by atoms with Crippen molar-refractivity contribution in [3.05, 3.63) is 27.1 Å². The van der Waals surface area contributed by atoms with Gasteiger partial charge < -0.3 is 0 Å². The van der Waals surface area contributed by atoms with Crippen molar-refractivity contribution in [2.24, 2.45) is 0 Å². The van der Waals surface area contributed by atoms with Crippen molar-refractivity contribution in [2.45, 2.75) is 37.6 Å². The first kappa shape index (κ1) is 15.1. The van der Waals surface area contributed by atoms with Crippen LogP contribution in [-0.2, 0) is 10.0 Å². The molecular formula is C11H15Br2NO2S. The van der Waals surface area contributed by atoms with Crippen LogP contribution in [0.3, 0.4) is 0 Å². The first-order valence-electron chi connectivity index (χ1n) is 5.38. The highest BCUT2D eigenvalue weighted by Crippen LogP contribution is 2.25. The van der Waals surface area contributed by atoms with Crippen molar-refractivity contribution in [1.82, 2.24) is 4.72 Å². The number of sulfonamides is 1. The van der Waals surface area contributed by atoms with Gasteiger partial charge in [-0.1, -0.05) is 29.8 Å². The minimum Gasteiger partial charge on any atom is -0.208 e. The Morgan fingerprint density at radius 2 is 1.82 bits per heavy atom. The van der Waals surface area contributed by atoms with E-state index < -0.39 is 10.0 Å². The van der Waals surface area contributed by atoms with Gasteiger partial charge in [-0.2, -0.15) is 0 Å². The number of rotatable bonds is 5. The van der Waals surface area contributed by atoms with Crippen LogP contribution in [0.1, 0.15) is 26.7 Å². The average Bonchev–Trinajstić information content (AvgIpc) is 2.29. The molecule has 0 aliphatic carbocycles. The molecule has 1 aromatic carbocycles. The van der Waals surface area contributed by atoms with Gasteiger partial charge in [-0.05, 0) is 47.0 Å². The number of halogens is 2. The molecule has 0 saturated carbocycles. The molecule has 0 heterocycles. The van der Waals surface area contributed by atoms with Crippen LogP contribution >= 0.6 is 31.9 Å². The first-order chi connectivity index (χ1) is 7.90. The lowest BCUT2D eigenvalue weighted by Gasteiger charge is -2.15. The van der Waals surface area contributed by atoms with Gasteiger partial charge in [0.05, 0.1) is 4.90 Å². The molecule has 0 saturated heterocycles. The highest BCUT2D eigenvalue weighted by molar-refractivity contribution is 9.11. The van der Waals surface area contributed by atoms with Crippen molar-refractivity contribution >= 4 is 41.9 Å². The molecule has 0 aliphatic heterocycles. The summed E-state index contributed by atoms with van der Waals surface area (Å²) in [7, 11) is -3.46. The lowest BCUT2D eigenvalue weighted by Crippen LogP contribution is -2.34. The van der Waals surface area contributed by atoms with Crippen LogP contribution in [0.15, 0.2) is 32.0 Å². The van der Waals surface area contributed by atoms with Gasteiger partial charge in [0, 0.05) is 15.0 Å². The third-order valence-corrected chi connectivity index (χ3v) is 5.50. The van der Waals surface area contributed by atoms with Gasteiger partial charge in [-0.25, -0.2) is 13.1 Å². The van der Waals surface area contributed by atoms with Crippen LogP contribution in [0.5, 0.6) is 0 Å². The van der Waals surface area contributed by atoms with Gasteiger partial charge >= 0.3 is 0 Å². The normalized spacial score (nSPS) is 12.1. The third-order valence-electron chi connectivity index (χ3n) is 2.49. The largest absolute Gasteiger partial charge is 0.241 e. The summed E-state index contributed by atoms with van der Waals surface area (Å²) >= 11 is 6.54. The molecule has 0 aromatic heterocycles. The molecule has 1 aromatic rings. The third kappa shape index (κ3) is 4.05. The summed E-state index contributed by atoms with van der Waals surface area (Å²) in [5, 5.41) is 0. The Morgan fingerprint density at radius 3 is 2.35 bits per heavy atom. The van der Waals surface area contributed by atoms with Gasteiger partial charge in [-0.15, -0.1) is 0 Å².